The maximum atomic E-state index is 11.8. The first-order valence-corrected chi connectivity index (χ1v) is 6.30. The monoisotopic (exact) mass is 246 g/mol. The molecule has 0 bridgehead atoms. The highest BCUT2D eigenvalue weighted by molar-refractivity contribution is 5.97. The predicted molar refractivity (Wildman–Crippen MR) is 70.6 cm³/mol. The number of benzene rings is 1. The summed E-state index contributed by atoms with van der Waals surface area (Å²) in [5.74, 6) is 0.255. The topological polar surface area (TPSA) is 61.7 Å². The Hall–Kier alpha value is -1.84. The number of hydrogen-bond donors (Lipinski definition) is 2. The van der Waals surface area contributed by atoms with Crippen molar-refractivity contribution in [3.63, 3.8) is 0 Å². The number of rotatable bonds is 2. The van der Waals surface area contributed by atoms with E-state index in [2.05, 4.69) is 17.5 Å². The summed E-state index contributed by atoms with van der Waals surface area (Å²) in [5.41, 5.74) is 3.81. The lowest BCUT2D eigenvalue weighted by Crippen LogP contribution is -2.22. The van der Waals surface area contributed by atoms with E-state index in [4.69, 9.17) is 0 Å². The van der Waals surface area contributed by atoms with Crippen molar-refractivity contribution in [3.05, 3.63) is 29.8 Å². The largest absolute Gasteiger partial charge is 0.507 e. The molecule has 1 aliphatic carbocycles. The third-order valence-corrected chi connectivity index (χ3v) is 3.21. The summed E-state index contributed by atoms with van der Waals surface area (Å²) < 4.78 is 0. The number of phenols is 1. The fourth-order valence-corrected chi connectivity index (χ4v) is 2.22. The molecule has 1 atom stereocenters. The zero-order valence-corrected chi connectivity index (χ0v) is 10.5. The predicted octanol–water partition coefficient (Wildman–Crippen LogP) is 2.69. The molecule has 0 spiro atoms. The maximum Gasteiger partial charge on any atom is 0.275 e. The summed E-state index contributed by atoms with van der Waals surface area (Å²) in [6, 6.07) is 6.46. The van der Waals surface area contributed by atoms with E-state index in [1.165, 1.54) is 12.5 Å². The summed E-state index contributed by atoms with van der Waals surface area (Å²) in [6.45, 7) is 2.19. The fraction of sp³-hybridized carbons (Fsp3) is 0.429. The summed E-state index contributed by atoms with van der Waals surface area (Å²) in [7, 11) is 0. The Morgan fingerprint density at radius 3 is 2.94 bits per heavy atom. The van der Waals surface area contributed by atoms with E-state index in [-0.39, 0.29) is 17.2 Å². The van der Waals surface area contributed by atoms with E-state index in [0.29, 0.717) is 5.92 Å². The molecule has 0 heterocycles. The van der Waals surface area contributed by atoms with E-state index in [0.717, 1.165) is 25.0 Å². The minimum atomic E-state index is -0.362. The van der Waals surface area contributed by atoms with Gasteiger partial charge in [-0.2, -0.15) is 5.10 Å². The molecule has 0 aromatic heterocycles. The molecule has 1 saturated carbocycles. The van der Waals surface area contributed by atoms with Crippen molar-refractivity contribution in [1.82, 2.24) is 5.43 Å². The minimum absolute atomic E-state index is 0.0211. The average Bonchev–Trinajstić information content (AvgIpc) is 2.37. The Kier molecular flexibility index (Phi) is 3.97. The number of nitrogens with zero attached hydrogens (tertiary/aromatic N) is 1. The third kappa shape index (κ3) is 3.09. The van der Waals surface area contributed by atoms with Crippen molar-refractivity contribution in [1.29, 1.82) is 0 Å². The molecule has 1 amide bonds. The highest BCUT2D eigenvalue weighted by atomic mass is 16.3. The number of para-hydroxylation sites is 1. The molecule has 1 aromatic rings. The third-order valence-electron chi connectivity index (χ3n) is 3.21. The van der Waals surface area contributed by atoms with Gasteiger partial charge in [-0.05, 0) is 43.7 Å². The van der Waals surface area contributed by atoms with Gasteiger partial charge >= 0.3 is 0 Å². The molecule has 96 valence electrons. The Morgan fingerprint density at radius 2 is 2.22 bits per heavy atom. The van der Waals surface area contributed by atoms with Gasteiger partial charge in [0.25, 0.3) is 5.91 Å². The molecular formula is C14H18N2O2. The molecule has 0 radical (unpaired) electrons. The molecule has 1 fully saturated rings. The van der Waals surface area contributed by atoms with Gasteiger partial charge in [-0.25, -0.2) is 5.43 Å². The first-order chi connectivity index (χ1) is 8.66. The molecule has 18 heavy (non-hydrogen) atoms. The van der Waals surface area contributed by atoms with Crippen LogP contribution in [0.15, 0.2) is 29.4 Å². The maximum absolute atomic E-state index is 11.8. The van der Waals surface area contributed by atoms with Crippen LogP contribution in [0.2, 0.25) is 0 Å². The molecule has 0 aliphatic heterocycles. The SMILES string of the molecule is C[C@@H]1CCC/C(=N/NC(=O)c2ccccc2O)C1. The van der Waals surface area contributed by atoms with Gasteiger partial charge < -0.3 is 5.11 Å². The van der Waals surface area contributed by atoms with Gasteiger partial charge in [0.2, 0.25) is 0 Å². The lowest BCUT2D eigenvalue weighted by atomic mass is 9.89. The quantitative estimate of drug-likeness (QED) is 0.788. The van der Waals surface area contributed by atoms with Crippen molar-refractivity contribution in [3.8, 4) is 5.75 Å². The average molecular weight is 246 g/mol. The number of hydrogen-bond acceptors (Lipinski definition) is 3. The van der Waals surface area contributed by atoms with Crippen LogP contribution in [0, 0.1) is 5.92 Å². The molecule has 0 saturated heterocycles. The van der Waals surface area contributed by atoms with E-state index in [1.54, 1.807) is 18.2 Å². The number of amides is 1. The van der Waals surface area contributed by atoms with E-state index in [1.807, 2.05) is 0 Å². The Morgan fingerprint density at radius 1 is 1.44 bits per heavy atom. The van der Waals surface area contributed by atoms with Crippen LogP contribution in [-0.2, 0) is 0 Å². The van der Waals surface area contributed by atoms with Crippen molar-refractivity contribution in [2.75, 3.05) is 0 Å². The zero-order valence-electron chi connectivity index (χ0n) is 10.5. The molecule has 2 rings (SSSR count). The van der Waals surface area contributed by atoms with Crippen LogP contribution in [-0.4, -0.2) is 16.7 Å². The highest BCUT2D eigenvalue weighted by Gasteiger charge is 2.15. The molecule has 2 N–H and O–H groups in total. The molecule has 1 aromatic carbocycles. The first kappa shape index (κ1) is 12.6. The Labute approximate surface area is 107 Å². The van der Waals surface area contributed by atoms with Gasteiger partial charge in [0.1, 0.15) is 5.75 Å². The first-order valence-electron chi connectivity index (χ1n) is 6.30. The standard InChI is InChI=1S/C14H18N2O2/c1-10-5-4-6-11(9-10)15-16-14(18)12-7-2-3-8-13(12)17/h2-3,7-8,10,17H,4-6,9H2,1H3,(H,16,18)/b15-11-/t10-/m1/s1. The number of hydrazone groups is 1. The molecule has 0 unspecified atom stereocenters. The summed E-state index contributed by atoms with van der Waals surface area (Å²) >= 11 is 0. The van der Waals surface area contributed by atoms with Crippen LogP contribution in [0.1, 0.15) is 43.0 Å². The highest BCUT2D eigenvalue weighted by Crippen LogP contribution is 2.21. The minimum Gasteiger partial charge on any atom is -0.507 e. The lowest BCUT2D eigenvalue weighted by molar-refractivity contribution is 0.0952. The van der Waals surface area contributed by atoms with Gasteiger partial charge in [0.15, 0.2) is 0 Å². The second kappa shape index (κ2) is 5.67. The number of aromatic hydroxyl groups is 1. The van der Waals surface area contributed by atoms with E-state index in [9.17, 15) is 9.90 Å². The van der Waals surface area contributed by atoms with Crippen molar-refractivity contribution in [2.45, 2.75) is 32.6 Å². The fourth-order valence-electron chi connectivity index (χ4n) is 2.22. The van der Waals surface area contributed by atoms with Gasteiger partial charge in [0.05, 0.1) is 5.56 Å². The lowest BCUT2D eigenvalue weighted by Gasteiger charge is -2.18. The molecular weight excluding hydrogens is 228 g/mol. The molecule has 4 nitrogen and oxygen atoms in total. The van der Waals surface area contributed by atoms with Gasteiger partial charge in [-0.3, -0.25) is 4.79 Å². The smallest absolute Gasteiger partial charge is 0.275 e. The normalized spacial score (nSPS) is 21.8. The van der Waals surface area contributed by atoms with Crippen LogP contribution in [0.25, 0.3) is 0 Å². The van der Waals surface area contributed by atoms with Gasteiger partial charge in [0, 0.05) is 5.71 Å². The summed E-state index contributed by atoms with van der Waals surface area (Å²) in [4.78, 5) is 11.8. The van der Waals surface area contributed by atoms with Gasteiger partial charge in [-0.15, -0.1) is 0 Å². The number of carbonyl (C=O) groups excluding carboxylic acids is 1. The number of nitrogens with one attached hydrogen (secondary N) is 1. The Bertz CT molecular complexity index is 469. The van der Waals surface area contributed by atoms with Crippen LogP contribution in [0.3, 0.4) is 0 Å². The Balaban J connectivity index is 2.00. The zero-order chi connectivity index (χ0) is 13.0. The molecule has 4 heteroatoms. The van der Waals surface area contributed by atoms with Crippen molar-refractivity contribution < 1.29 is 9.90 Å². The van der Waals surface area contributed by atoms with Crippen LogP contribution < -0.4 is 5.43 Å². The van der Waals surface area contributed by atoms with Crippen LogP contribution in [0.5, 0.6) is 5.75 Å². The van der Waals surface area contributed by atoms with Gasteiger partial charge in [-0.1, -0.05) is 19.1 Å². The van der Waals surface area contributed by atoms with E-state index < -0.39 is 0 Å². The van der Waals surface area contributed by atoms with Crippen molar-refractivity contribution in [2.24, 2.45) is 11.0 Å². The molecule has 1 aliphatic rings. The number of phenolic OH excluding ortho intramolecular Hbond substituents is 1. The second-order valence-electron chi connectivity index (χ2n) is 4.84. The second-order valence-corrected chi connectivity index (χ2v) is 4.84. The number of carbonyl (C=O) groups is 1. The summed E-state index contributed by atoms with van der Waals surface area (Å²) in [6.07, 6.45) is 4.26. The van der Waals surface area contributed by atoms with E-state index >= 15 is 0 Å². The van der Waals surface area contributed by atoms with Crippen LogP contribution >= 0.6 is 0 Å². The summed E-state index contributed by atoms with van der Waals surface area (Å²) in [5, 5.41) is 13.7. The van der Waals surface area contributed by atoms with Crippen LogP contribution in [0.4, 0.5) is 0 Å². The van der Waals surface area contributed by atoms with Crippen molar-refractivity contribution >= 4 is 11.6 Å².